The van der Waals surface area contributed by atoms with Crippen LogP contribution < -0.4 is 4.74 Å². The Balaban J connectivity index is 1.71. The third-order valence-electron chi connectivity index (χ3n) is 6.28. The molecule has 1 aliphatic carbocycles. The summed E-state index contributed by atoms with van der Waals surface area (Å²) < 4.78 is 5.54. The Bertz CT molecular complexity index is 912. The number of amides is 1. The molecule has 2 rings (SSSR count). The summed E-state index contributed by atoms with van der Waals surface area (Å²) in [6.07, 6.45) is 7.95. The molecule has 0 unspecified atom stereocenters. The number of unbranched alkanes of at least 4 members (excludes halogenated alkanes) is 1. The SMILES string of the molecule is CN(CCCO[N+](=O)[O-])C(=O)CCCC=CC[C@@H]1[C@@H](C=C[C@@H](O)COc2cccc(Cl)c2)[C@H](O)C[C@@H]1O. The van der Waals surface area contributed by atoms with Crippen molar-refractivity contribution < 1.29 is 34.8 Å². The zero-order valence-corrected chi connectivity index (χ0v) is 21.8. The van der Waals surface area contributed by atoms with Gasteiger partial charge in [0.25, 0.3) is 5.09 Å². The van der Waals surface area contributed by atoms with Gasteiger partial charge in [-0.05, 0) is 49.8 Å². The summed E-state index contributed by atoms with van der Waals surface area (Å²) in [6, 6.07) is 6.89. The van der Waals surface area contributed by atoms with E-state index in [2.05, 4.69) is 4.84 Å². The van der Waals surface area contributed by atoms with Crippen LogP contribution in [0.3, 0.4) is 0 Å². The number of aliphatic hydroxyl groups excluding tert-OH is 3. The summed E-state index contributed by atoms with van der Waals surface area (Å²) in [5.41, 5.74) is 0. The highest BCUT2D eigenvalue weighted by Gasteiger charge is 2.39. The van der Waals surface area contributed by atoms with Gasteiger partial charge in [-0.2, -0.15) is 0 Å². The van der Waals surface area contributed by atoms with Crippen molar-refractivity contribution in [3.63, 3.8) is 0 Å². The number of rotatable bonds is 16. The molecular weight excluding hydrogens is 504 g/mol. The highest BCUT2D eigenvalue weighted by atomic mass is 35.5. The smallest absolute Gasteiger partial charge is 0.294 e. The van der Waals surface area contributed by atoms with Gasteiger partial charge in [-0.1, -0.05) is 42.0 Å². The maximum Gasteiger partial charge on any atom is 0.294 e. The highest BCUT2D eigenvalue weighted by molar-refractivity contribution is 6.30. The molecule has 0 bridgehead atoms. The molecule has 1 saturated carbocycles. The predicted octanol–water partition coefficient (Wildman–Crippen LogP) is 3.17. The molecule has 0 saturated heterocycles. The molecule has 1 fully saturated rings. The van der Waals surface area contributed by atoms with Crippen LogP contribution >= 0.6 is 11.6 Å². The molecule has 10 nitrogen and oxygen atoms in total. The molecule has 0 spiro atoms. The van der Waals surface area contributed by atoms with Crippen LogP contribution in [0.5, 0.6) is 5.75 Å². The van der Waals surface area contributed by atoms with Gasteiger partial charge in [0.15, 0.2) is 0 Å². The van der Waals surface area contributed by atoms with Crippen LogP contribution in [0.25, 0.3) is 0 Å². The molecule has 1 aliphatic rings. The molecule has 0 heterocycles. The lowest BCUT2D eigenvalue weighted by Gasteiger charge is -2.19. The van der Waals surface area contributed by atoms with E-state index < -0.39 is 23.4 Å². The van der Waals surface area contributed by atoms with E-state index in [4.69, 9.17) is 16.3 Å². The van der Waals surface area contributed by atoms with E-state index in [0.717, 1.165) is 0 Å². The number of carbonyl (C=O) groups excluding carboxylic acids is 1. The second-order valence-corrected chi connectivity index (χ2v) is 9.59. The van der Waals surface area contributed by atoms with Crippen LogP contribution in [-0.2, 0) is 9.63 Å². The van der Waals surface area contributed by atoms with Crippen molar-refractivity contribution in [1.29, 1.82) is 0 Å². The minimum atomic E-state index is -0.878. The first-order valence-corrected chi connectivity index (χ1v) is 12.8. The summed E-state index contributed by atoms with van der Waals surface area (Å²) >= 11 is 5.93. The lowest BCUT2D eigenvalue weighted by Crippen LogP contribution is -2.28. The van der Waals surface area contributed by atoms with Gasteiger partial charge in [0, 0.05) is 37.4 Å². The highest BCUT2D eigenvalue weighted by Crippen LogP contribution is 2.36. The molecule has 0 aromatic heterocycles. The first-order valence-electron chi connectivity index (χ1n) is 12.4. The molecule has 1 amide bonds. The first-order chi connectivity index (χ1) is 17.7. The monoisotopic (exact) mass is 540 g/mol. The van der Waals surface area contributed by atoms with E-state index in [1.165, 1.54) is 4.90 Å². The third kappa shape index (κ3) is 11.5. The van der Waals surface area contributed by atoms with Crippen molar-refractivity contribution in [3.05, 3.63) is 63.7 Å². The number of aliphatic hydroxyl groups is 3. The fourth-order valence-electron chi connectivity index (χ4n) is 4.26. The lowest BCUT2D eigenvalue weighted by molar-refractivity contribution is -0.757. The summed E-state index contributed by atoms with van der Waals surface area (Å²) in [6.45, 7) is 0.384. The van der Waals surface area contributed by atoms with Crippen LogP contribution in [0.4, 0.5) is 0 Å². The van der Waals surface area contributed by atoms with Gasteiger partial charge in [0.1, 0.15) is 18.5 Å². The van der Waals surface area contributed by atoms with Crippen LogP contribution in [0.2, 0.25) is 5.02 Å². The van der Waals surface area contributed by atoms with Crippen LogP contribution in [-0.4, -0.2) is 76.3 Å². The average Bonchev–Trinajstić information content (AvgIpc) is 3.12. The third-order valence-corrected chi connectivity index (χ3v) is 6.52. The molecule has 0 aliphatic heterocycles. The number of carbonyl (C=O) groups is 1. The molecule has 3 N–H and O–H groups in total. The minimum absolute atomic E-state index is 0.0351. The fraction of sp³-hybridized carbons (Fsp3) is 0.577. The second-order valence-electron chi connectivity index (χ2n) is 9.16. The van der Waals surface area contributed by atoms with Gasteiger partial charge in [-0.3, -0.25) is 4.79 Å². The Labute approximate surface area is 222 Å². The average molecular weight is 541 g/mol. The van der Waals surface area contributed by atoms with E-state index >= 15 is 0 Å². The second kappa shape index (κ2) is 16.2. The van der Waals surface area contributed by atoms with Gasteiger partial charge in [0.05, 0.1) is 18.8 Å². The molecule has 11 heteroatoms. The Hall–Kier alpha value is -2.66. The molecule has 37 heavy (non-hydrogen) atoms. The quantitative estimate of drug-likeness (QED) is 0.126. The van der Waals surface area contributed by atoms with E-state index in [0.29, 0.717) is 49.4 Å². The molecular formula is C26H37ClN2O8. The van der Waals surface area contributed by atoms with Crippen molar-refractivity contribution in [2.45, 2.75) is 56.8 Å². The number of halogens is 1. The Morgan fingerprint density at radius 1 is 1.30 bits per heavy atom. The fourth-order valence-corrected chi connectivity index (χ4v) is 4.44. The summed E-state index contributed by atoms with van der Waals surface area (Å²) in [7, 11) is 1.66. The Kier molecular flexibility index (Phi) is 13.4. The van der Waals surface area contributed by atoms with Crippen molar-refractivity contribution in [2.75, 3.05) is 26.8 Å². The molecule has 206 valence electrons. The van der Waals surface area contributed by atoms with Crippen molar-refractivity contribution in [2.24, 2.45) is 11.8 Å². The largest absolute Gasteiger partial charge is 0.491 e. The summed E-state index contributed by atoms with van der Waals surface area (Å²) in [5, 5.41) is 40.9. The van der Waals surface area contributed by atoms with E-state index in [-0.39, 0.29) is 37.4 Å². The lowest BCUT2D eigenvalue weighted by atomic mass is 9.89. The number of benzene rings is 1. The van der Waals surface area contributed by atoms with Gasteiger partial charge >= 0.3 is 0 Å². The molecule has 5 atom stereocenters. The first kappa shape index (κ1) is 30.6. The Morgan fingerprint density at radius 3 is 2.81 bits per heavy atom. The molecule has 0 radical (unpaired) electrons. The van der Waals surface area contributed by atoms with Gasteiger partial charge in [0.2, 0.25) is 5.91 Å². The maximum absolute atomic E-state index is 12.1. The van der Waals surface area contributed by atoms with Crippen LogP contribution in [0, 0.1) is 22.0 Å². The van der Waals surface area contributed by atoms with Crippen LogP contribution in [0.15, 0.2) is 48.6 Å². The number of ether oxygens (including phenoxy) is 1. The Morgan fingerprint density at radius 2 is 2.08 bits per heavy atom. The topological polar surface area (TPSA) is 143 Å². The van der Waals surface area contributed by atoms with E-state index in [1.807, 2.05) is 12.2 Å². The zero-order valence-electron chi connectivity index (χ0n) is 21.0. The number of nitrogens with zero attached hydrogens (tertiary/aromatic N) is 2. The number of hydrogen-bond acceptors (Lipinski definition) is 8. The van der Waals surface area contributed by atoms with E-state index in [9.17, 15) is 30.2 Å². The minimum Gasteiger partial charge on any atom is -0.491 e. The number of allylic oxidation sites excluding steroid dienone is 2. The van der Waals surface area contributed by atoms with Crippen LogP contribution in [0.1, 0.15) is 38.5 Å². The van der Waals surface area contributed by atoms with Gasteiger partial charge in [-0.25, -0.2) is 0 Å². The normalized spacial score (nSPS) is 22.4. The summed E-state index contributed by atoms with van der Waals surface area (Å²) in [4.78, 5) is 28.0. The number of hydrogen-bond donors (Lipinski definition) is 3. The van der Waals surface area contributed by atoms with Gasteiger partial charge in [-0.15, -0.1) is 10.1 Å². The van der Waals surface area contributed by atoms with E-state index in [1.54, 1.807) is 43.5 Å². The van der Waals surface area contributed by atoms with Crippen molar-refractivity contribution >= 4 is 17.5 Å². The molecule has 1 aromatic rings. The molecule has 1 aromatic carbocycles. The van der Waals surface area contributed by atoms with Crippen molar-refractivity contribution in [3.8, 4) is 5.75 Å². The zero-order chi connectivity index (χ0) is 27.2. The van der Waals surface area contributed by atoms with Crippen molar-refractivity contribution in [1.82, 2.24) is 4.90 Å². The summed E-state index contributed by atoms with van der Waals surface area (Å²) in [5.74, 6) is 0.0366. The predicted molar refractivity (Wildman–Crippen MR) is 139 cm³/mol. The standard InChI is InChI=1S/C26H37ClN2O8/c1-28(14-7-15-37-29(34)35)26(33)11-5-3-2-4-10-22-23(25(32)17-24(22)31)13-12-20(30)18-36-21-9-6-8-19(27)16-21/h2,4,6,8-9,12-13,16,20,22-25,30-32H,3,5,7,10-11,14-15,17-18H2,1H3/t20-,22-,23-,24+,25-/m1/s1. The maximum atomic E-state index is 12.1. The van der Waals surface area contributed by atoms with Gasteiger partial charge < -0.3 is 29.8 Å².